The van der Waals surface area contributed by atoms with Gasteiger partial charge < -0.3 is 4.90 Å². The highest BCUT2D eigenvalue weighted by Gasteiger charge is 2.25. The van der Waals surface area contributed by atoms with E-state index in [2.05, 4.69) is 9.97 Å². The van der Waals surface area contributed by atoms with E-state index >= 15 is 0 Å². The number of carbonyl (C=O) groups excluding carboxylic acids is 1. The number of carbonyl (C=O) groups is 1. The predicted molar refractivity (Wildman–Crippen MR) is 99.7 cm³/mol. The molecule has 0 N–H and O–H groups in total. The number of fused-ring (bicyclic) bond motifs is 1. The summed E-state index contributed by atoms with van der Waals surface area (Å²) in [5.74, 6) is 0.0945. The largest absolute Gasteiger partial charge is 0.338 e. The van der Waals surface area contributed by atoms with E-state index in [4.69, 9.17) is 0 Å². The third-order valence-corrected chi connectivity index (χ3v) is 4.67. The van der Waals surface area contributed by atoms with Crippen LogP contribution in [0.1, 0.15) is 24.2 Å². The average molecular weight is 367 g/mol. The fourth-order valence-electron chi connectivity index (χ4n) is 3.19. The van der Waals surface area contributed by atoms with Crippen molar-refractivity contribution < 1.29 is 9.18 Å². The van der Waals surface area contributed by atoms with Crippen molar-refractivity contribution in [2.45, 2.75) is 12.8 Å². The fourth-order valence-corrected chi connectivity index (χ4v) is 3.19. The van der Waals surface area contributed by atoms with E-state index in [-0.39, 0.29) is 11.8 Å². The SMILES string of the molecule is Cn1c(=O)n(C(=O)N2CCCC2)c2cnc(/C=C/c3ccc(F)cc3)nc21. The van der Waals surface area contributed by atoms with Crippen LogP contribution in [0.3, 0.4) is 0 Å². The van der Waals surface area contributed by atoms with Gasteiger partial charge in [0.25, 0.3) is 0 Å². The van der Waals surface area contributed by atoms with E-state index in [1.165, 1.54) is 22.9 Å². The third-order valence-electron chi connectivity index (χ3n) is 4.67. The number of hydrogen-bond donors (Lipinski definition) is 0. The van der Waals surface area contributed by atoms with Gasteiger partial charge in [0.1, 0.15) is 11.3 Å². The second kappa shape index (κ2) is 6.79. The highest BCUT2D eigenvalue weighted by molar-refractivity contribution is 5.88. The molecule has 0 unspecified atom stereocenters. The first-order valence-electron chi connectivity index (χ1n) is 8.72. The molecular formula is C19H18FN5O2. The number of imidazole rings is 1. The Morgan fingerprint density at radius 2 is 1.85 bits per heavy atom. The van der Waals surface area contributed by atoms with Crippen LogP contribution in [0.2, 0.25) is 0 Å². The number of hydrogen-bond acceptors (Lipinski definition) is 4. The number of amides is 1. The Morgan fingerprint density at radius 1 is 1.15 bits per heavy atom. The van der Waals surface area contributed by atoms with Crippen LogP contribution in [-0.4, -0.2) is 43.1 Å². The quantitative estimate of drug-likeness (QED) is 0.698. The van der Waals surface area contributed by atoms with Crippen LogP contribution in [0, 0.1) is 5.82 Å². The van der Waals surface area contributed by atoms with Gasteiger partial charge in [0.2, 0.25) is 0 Å². The second-order valence-electron chi connectivity index (χ2n) is 6.48. The van der Waals surface area contributed by atoms with Gasteiger partial charge in [-0.05, 0) is 36.6 Å². The summed E-state index contributed by atoms with van der Waals surface area (Å²) in [6.45, 7) is 1.31. The molecular weight excluding hydrogens is 349 g/mol. The standard InChI is InChI=1S/C19H18FN5O2/c1-23-17-15(25(18(23)26)19(27)24-10-2-3-11-24)12-21-16(22-17)9-6-13-4-7-14(20)8-5-13/h4-9,12H,2-3,10-11H2,1H3/b9-6+. The van der Waals surface area contributed by atoms with Crippen LogP contribution < -0.4 is 5.69 Å². The van der Waals surface area contributed by atoms with Gasteiger partial charge >= 0.3 is 11.7 Å². The van der Waals surface area contributed by atoms with Crippen molar-refractivity contribution in [2.75, 3.05) is 13.1 Å². The molecule has 4 rings (SSSR count). The highest BCUT2D eigenvalue weighted by atomic mass is 19.1. The van der Waals surface area contributed by atoms with Crippen molar-refractivity contribution in [2.24, 2.45) is 7.05 Å². The van der Waals surface area contributed by atoms with Crippen molar-refractivity contribution in [3.63, 3.8) is 0 Å². The maximum atomic E-state index is 13.0. The minimum Gasteiger partial charge on any atom is -0.324 e. The molecule has 138 valence electrons. The lowest BCUT2D eigenvalue weighted by Crippen LogP contribution is -2.38. The van der Waals surface area contributed by atoms with Crippen molar-refractivity contribution in [1.29, 1.82) is 0 Å². The Hall–Kier alpha value is -3.29. The zero-order chi connectivity index (χ0) is 19.0. The molecule has 0 saturated carbocycles. The summed E-state index contributed by atoms with van der Waals surface area (Å²) >= 11 is 0. The van der Waals surface area contributed by atoms with Crippen molar-refractivity contribution >= 4 is 29.3 Å². The molecule has 8 heteroatoms. The van der Waals surface area contributed by atoms with Gasteiger partial charge in [-0.3, -0.25) is 4.57 Å². The van der Waals surface area contributed by atoms with E-state index in [0.717, 1.165) is 23.0 Å². The summed E-state index contributed by atoms with van der Waals surface area (Å²) in [5, 5.41) is 0. The Morgan fingerprint density at radius 3 is 2.56 bits per heavy atom. The van der Waals surface area contributed by atoms with Gasteiger partial charge in [-0.2, -0.15) is 0 Å². The molecule has 3 heterocycles. The second-order valence-corrected chi connectivity index (χ2v) is 6.48. The van der Waals surface area contributed by atoms with Crippen LogP contribution in [0.5, 0.6) is 0 Å². The topological polar surface area (TPSA) is 73.0 Å². The molecule has 7 nitrogen and oxygen atoms in total. The number of rotatable bonds is 2. The third kappa shape index (κ3) is 3.14. The van der Waals surface area contributed by atoms with Gasteiger partial charge in [-0.15, -0.1) is 0 Å². The van der Waals surface area contributed by atoms with Gasteiger partial charge in [0, 0.05) is 20.1 Å². The van der Waals surface area contributed by atoms with Crippen LogP contribution in [0.4, 0.5) is 9.18 Å². The van der Waals surface area contributed by atoms with E-state index in [1.54, 1.807) is 36.2 Å². The zero-order valence-electron chi connectivity index (χ0n) is 14.8. The van der Waals surface area contributed by atoms with E-state index < -0.39 is 5.69 Å². The summed E-state index contributed by atoms with van der Waals surface area (Å²) in [4.78, 5) is 35.6. The van der Waals surface area contributed by atoms with E-state index in [1.807, 2.05) is 0 Å². The Kier molecular flexibility index (Phi) is 4.31. The monoisotopic (exact) mass is 367 g/mol. The van der Waals surface area contributed by atoms with Crippen LogP contribution in [-0.2, 0) is 7.05 Å². The lowest BCUT2D eigenvalue weighted by Gasteiger charge is -2.14. The molecule has 0 aliphatic carbocycles. The molecule has 3 aromatic rings. The number of aromatic nitrogens is 4. The first-order chi connectivity index (χ1) is 13.0. The lowest BCUT2D eigenvalue weighted by atomic mass is 10.2. The van der Waals surface area contributed by atoms with Gasteiger partial charge in [0.15, 0.2) is 11.5 Å². The highest BCUT2D eigenvalue weighted by Crippen LogP contribution is 2.15. The molecule has 0 spiro atoms. The smallest absolute Gasteiger partial charge is 0.324 e. The normalized spacial score (nSPS) is 14.5. The Balaban J connectivity index is 1.70. The molecule has 0 atom stereocenters. The summed E-state index contributed by atoms with van der Waals surface area (Å²) < 4.78 is 15.5. The molecule has 0 radical (unpaired) electrons. The van der Waals surface area contributed by atoms with Gasteiger partial charge in [0.05, 0.1) is 6.20 Å². The maximum Gasteiger partial charge on any atom is 0.338 e. The molecule has 1 amide bonds. The van der Waals surface area contributed by atoms with E-state index in [0.29, 0.717) is 30.1 Å². The van der Waals surface area contributed by atoms with Crippen molar-refractivity contribution in [1.82, 2.24) is 24.0 Å². The molecule has 1 fully saturated rings. The Bertz CT molecular complexity index is 1090. The van der Waals surface area contributed by atoms with Crippen LogP contribution >= 0.6 is 0 Å². The molecule has 1 aliphatic rings. The molecule has 2 aromatic heterocycles. The fraction of sp³-hybridized carbons (Fsp3) is 0.263. The number of aryl methyl sites for hydroxylation is 1. The number of halogens is 1. The zero-order valence-corrected chi connectivity index (χ0v) is 14.8. The molecule has 0 bridgehead atoms. The van der Waals surface area contributed by atoms with Crippen LogP contribution in [0.15, 0.2) is 35.3 Å². The maximum absolute atomic E-state index is 13.0. The predicted octanol–water partition coefficient (Wildman–Crippen LogP) is 2.50. The van der Waals surface area contributed by atoms with Gasteiger partial charge in [-0.25, -0.2) is 28.5 Å². The molecule has 1 saturated heterocycles. The number of nitrogens with zero attached hydrogens (tertiary/aromatic N) is 5. The van der Waals surface area contributed by atoms with Crippen molar-refractivity contribution in [3.05, 3.63) is 58.2 Å². The minimum atomic E-state index is -0.434. The molecule has 1 aliphatic heterocycles. The first-order valence-corrected chi connectivity index (χ1v) is 8.72. The summed E-state index contributed by atoms with van der Waals surface area (Å²) in [6, 6.07) is 5.70. The first kappa shape index (κ1) is 17.1. The summed E-state index contributed by atoms with van der Waals surface area (Å²) in [5.41, 5.74) is 1.14. The van der Waals surface area contributed by atoms with Gasteiger partial charge in [-0.1, -0.05) is 18.2 Å². The Labute approximate surface area is 154 Å². The average Bonchev–Trinajstić information content (AvgIpc) is 3.29. The molecule has 1 aromatic carbocycles. The summed E-state index contributed by atoms with van der Waals surface area (Å²) in [7, 11) is 1.58. The summed E-state index contributed by atoms with van der Waals surface area (Å²) in [6.07, 6.45) is 6.81. The number of benzene rings is 1. The van der Waals surface area contributed by atoms with E-state index in [9.17, 15) is 14.0 Å². The van der Waals surface area contributed by atoms with Crippen molar-refractivity contribution in [3.8, 4) is 0 Å². The lowest BCUT2D eigenvalue weighted by molar-refractivity contribution is 0.210. The molecule has 27 heavy (non-hydrogen) atoms. The van der Waals surface area contributed by atoms with Crippen LogP contribution in [0.25, 0.3) is 23.3 Å². The number of likely N-dealkylation sites (tertiary alicyclic amines) is 1. The minimum absolute atomic E-state index is 0.302.